The van der Waals surface area contributed by atoms with Crippen molar-refractivity contribution in [1.29, 1.82) is 0 Å². The van der Waals surface area contributed by atoms with E-state index in [2.05, 4.69) is 10.1 Å². The minimum Gasteiger partial charge on any atom is -0.484 e. The minimum atomic E-state index is -0.271. The number of likely N-dealkylation sites (tertiary alicyclic amines) is 1. The minimum absolute atomic E-state index is 0.00392. The molecule has 0 bridgehead atoms. The third kappa shape index (κ3) is 4.52. The monoisotopic (exact) mass is 432 g/mol. The van der Waals surface area contributed by atoms with Crippen LogP contribution in [0.3, 0.4) is 0 Å². The second-order valence-corrected chi connectivity index (χ2v) is 9.11. The zero-order chi connectivity index (χ0) is 22.0. The van der Waals surface area contributed by atoms with Gasteiger partial charge in [0, 0.05) is 31.0 Å². The van der Waals surface area contributed by atoms with E-state index in [0.717, 1.165) is 42.7 Å². The molecule has 7 nitrogen and oxygen atoms in total. The Bertz CT molecular complexity index is 1080. The van der Waals surface area contributed by atoms with Gasteiger partial charge in [-0.3, -0.25) is 9.78 Å². The summed E-state index contributed by atoms with van der Waals surface area (Å²) >= 11 is 0. The Morgan fingerprint density at radius 3 is 2.88 bits per heavy atom. The summed E-state index contributed by atoms with van der Waals surface area (Å²) in [6.45, 7) is 3.39. The topological polar surface area (TPSA) is 81.4 Å². The average Bonchev–Trinajstić information content (AvgIpc) is 3.48. The highest BCUT2D eigenvalue weighted by atomic mass is 16.5. The van der Waals surface area contributed by atoms with Crippen molar-refractivity contribution in [1.82, 2.24) is 20.0 Å². The molecule has 7 heteroatoms. The average molecular weight is 433 g/mol. The number of aryl methyl sites for hydroxylation is 1. The molecule has 32 heavy (non-hydrogen) atoms. The first-order valence-corrected chi connectivity index (χ1v) is 11.3. The van der Waals surface area contributed by atoms with Crippen molar-refractivity contribution >= 4 is 5.91 Å². The van der Waals surface area contributed by atoms with E-state index in [0.29, 0.717) is 24.2 Å². The first kappa shape index (κ1) is 20.7. The summed E-state index contributed by atoms with van der Waals surface area (Å²) in [4.78, 5) is 23.8. The maximum Gasteiger partial charge on any atom is 0.260 e. The Labute approximate surface area is 187 Å². The number of piperidine rings is 1. The van der Waals surface area contributed by atoms with Gasteiger partial charge < -0.3 is 14.2 Å². The van der Waals surface area contributed by atoms with Gasteiger partial charge in [-0.05, 0) is 61.9 Å². The molecule has 2 aromatic heterocycles. The molecule has 0 spiro atoms. The van der Waals surface area contributed by atoms with Crippen LogP contribution in [-0.4, -0.2) is 45.6 Å². The van der Waals surface area contributed by atoms with Gasteiger partial charge in [-0.25, -0.2) is 0 Å². The van der Waals surface area contributed by atoms with Crippen LogP contribution in [0.2, 0.25) is 0 Å². The van der Waals surface area contributed by atoms with Crippen molar-refractivity contribution in [2.75, 3.05) is 19.7 Å². The Morgan fingerprint density at radius 1 is 1.25 bits per heavy atom. The summed E-state index contributed by atoms with van der Waals surface area (Å²) in [7, 11) is 0. The number of aromatic nitrogens is 3. The standard InChI is InChI=1S/C25H28N4O3/c1-18-4-2-5-21(14-18)31-16-22(30)29-13-3-10-25(17-29,15-19-6-7-19)24-27-23(32-28-24)20-8-11-26-12-9-20/h2,4-5,8-9,11-12,14,19H,3,6-7,10,13,15-17H2,1H3. The van der Waals surface area contributed by atoms with E-state index in [1.54, 1.807) is 12.4 Å². The molecule has 1 aliphatic carbocycles. The van der Waals surface area contributed by atoms with Crippen molar-refractivity contribution in [3.05, 3.63) is 60.2 Å². The number of carbonyl (C=O) groups is 1. The van der Waals surface area contributed by atoms with E-state index in [-0.39, 0.29) is 17.9 Å². The SMILES string of the molecule is Cc1cccc(OCC(=O)N2CCCC(CC3CC3)(c3noc(-c4ccncc4)n3)C2)c1. The number of pyridine rings is 1. The lowest BCUT2D eigenvalue weighted by molar-refractivity contribution is -0.135. The zero-order valence-corrected chi connectivity index (χ0v) is 18.4. The Kier molecular flexibility index (Phi) is 5.64. The number of rotatable bonds is 7. The van der Waals surface area contributed by atoms with Gasteiger partial charge in [-0.15, -0.1) is 0 Å². The van der Waals surface area contributed by atoms with Crippen LogP contribution in [0.1, 0.15) is 43.5 Å². The second kappa shape index (κ2) is 8.73. The van der Waals surface area contributed by atoms with Gasteiger partial charge in [0.2, 0.25) is 0 Å². The maximum atomic E-state index is 13.0. The smallest absolute Gasteiger partial charge is 0.260 e. The number of carbonyl (C=O) groups excluding carboxylic acids is 1. The van der Waals surface area contributed by atoms with Crippen molar-refractivity contribution in [3.8, 4) is 17.2 Å². The summed E-state index contributed by atoms with van der Waals surface area (Å²) in [5, 5.41) is 4.39. The van der Waals surface area contributed by atoms with E-state index >= 15 is 0 Å². The molecular formula is C25H28N4O3. The van der Waals surface area contributed by atoms with E-state index < -0.39 is 0 Å². The number of hydrogen-bond acceptors (Lipinski definition) is 6. The molecule has 2 fully saturated rings. The fraction of sp³-hybridized carbons (Fsp3) is 0.440. The van der Waals surface area contributed by atoms with Gasteiger partial charge in [0.25, 0.3) is 11.8 Å². The van der Waals surface area contributed by atoms with Crippen LogP contribution >= 0.6 is 0 Å². The molecule has 1 amide bonds. The molecule has 5 rings (SSSR count). The largest absolute Gasteiger partial charge is 0.484 e. The lowest BCUT2D eigenvalue weighted by Crippen LogP contribution is -2.50. The first-order chi connectivity index (χ1) is 15.6. The van der Waals surface area contributed by atoms with Crippen LogP contribution in [0, 0.1) is 12.8 Å². The molecule has 3 aromatic rings. The summed E-state index contributed by atoms with van der Waals surface area (Å²) in [5.41, 5.74) is 1.70. The van der Waals surface area contributed by atoms with Gasteiger partial charge in [-0.2, -0.15) is 4.98 Å². The molecule has 1 aromatic carbocycles. The second-order valence-electron chi connectivity index (χ2n) is 9.11. The highest BCUT2D eigenvalue weighted by Crippen LogP contribution is 2.46. The van der Waals surface area contributed by atoms with E-state index in [1.807, 2.05) is 48.2 Å². The molecule has 3 heterocycles. The van der Waals surface area contributed by atoms with Gasteiger partial charge >= 0.3 is 0 Å². The van der Waals surface area contributed by atoms with Crippen LogP contribution in [0.4, 0.5) is 0 Å². The number of amides is 1. The lowest BCUT2D eigenvalue weighted by atomic mass is 9.75. The number of benzene rings is 1. The molecule has 1 saturated carbocycles. The quantitative estimate of drug-likeness (QED) is 0.557. The zero-order valence-electron chi connectivity index (χ0n) is 18.4. The van der Waals surface area contributed by atoms with Crippen LogP contribution < -0.4 is 4.74 Å². The molecule has 1 saturated heterocycles. The summed E-state index contributed by atoms with van der Waals surface area (Å²) in [6, 6.07) is 11.5. The van der Waals surface area contributed by atoms with Crippen molar-refractivity contribution in [3.63, 3.8) is 0 Å². The molecule has 1 unspecified atom stereocenters. The third-order valence-corrected chi connectivity index (χ3v) is 6.49. The normalized spacial score (nSPS) is 20.8. The fourth-order valence-electron chi connectivity index (χ4n) is 4.65. The van der Waals surface area contributed by atoms with E-state index in [4.69, 9.17) is 14.2 Å². The van der Waals surface area contributed by atoms with Crippen LogP contribution in [0.15, 0.2) is 53.3 Å². The molecule has 166 valence electrons. The molecule has 1 atom stereocenters. The molecule has 0 N–H and O–H groups in total. The van der Waals surface area contributed by atoms with Crippen LogP contribution in [0.5, 0.6) is 5.75 Å². The Morgan fingerprint density at radius 2 is 2.09 bits per heavy atom. The van der Waals surface area contributed by atoms with Gasteiger partial charge in [0.05, 0.1) is 5.41 Å². The lowest BCUT2D eigenvalue weighted by Gasteiger charge is -2.41. The Balaban J connectivity index is 1.33. The summed E-state index contributed by atoms with van der Waals surface area (Å²) in [6.07, 6.45) is 8.78. The molecular weight excluding hydrogens is 404 g/mol. The summed E-state index contributed by atoms with van der Waals surface area (Å²) < 4.78 is 11.4. The van der Waals surface area contributed by atoms with Crippen molar-refractivity contribution < 1.29 is 14.1 Å². The van der Waals surface area contributed by atoms with E-state index in [1.165, 1.54) is 12.8 Å². The van der Waals surface area contributed by atoms with E-state index in [9.17, 15) is 4.79 Å². The van der Waals surface area contributed by atoms with Gasteiger partial charge in [0.1, 0.15) is 5.75 Å². The Hall–Kier alpha value is -3.22. The number of ether oxygens (including phenoxy) is 1. The first-order valence-electron chi connectivity index (χ1n) is 11.3. The highest BCUT2D eigenvalue weighted by molar-refractivity contribution is 5.78. The van der Waals surface area contributed by atoms with Gasteiger partial charge in [0.15, 0.2) is 12.4 Å². The maximum absolute atomic E-state index is 13.0. The third-order valence-electron chi connectivity index (χ3n) is 6.49. The highest BCUT2D eigenvalue weighted by Gasteiger charge is 2.45. The summed E-state index contributed by atoms with van der Waals surface area (Å²) in [5.74, 6) is 2.62. The predicted molar refractivity (Wildman–Crippen MR) is 119 cm³/mol. The van der Waals surface area contributed by atoms with Crippen molar-refractivity contribution in [2.45, 2.75) is 44.4 Å². The molecule has 0 radical (unpaired) electrons. The predicted octanol–water partition coefficient (Wildman–Crippen LogP) is 4.18. The van der Waals surface area contributed by atoms with Gasteiger partial charge in [-0.1, -0.05) is 30.1 Å². The molecule has 2 aliphatic rings. The number of hydrogen-bond donors (Lipinski definition) is 0. The molecule has 1 aliphatic heterocycles. The number of nitrogens with zero attached hydrogens (tertiary/aromatic N) is 4. The van der Waals surface area contributed by atoms with Crippen LogP contribution in [0.25, 0.3) is 11.5 Å². The fourth-order valence-corrected chi connectivity index (χ4v) is 4.65. The van der Waals surface area contributed by atoms with Crippen molar-refractivity contribution in [2.24, 2.45) is 5.92 Å². The van der Waals surface area contributed by atoms with Crippen LogP contribution in [-0.2, 0) is 10.2 Å².